The molecule has 1 fully saturated rings. The third kappa shape index (κ3) is 6.46. The molecule has 50 heavy (non-hydrogen) atoms. The van der Waals surface area contributed by atoms with Crippen LogP contribution in [0.5, 0.6) is 0 Å². The Kier molecular flexibility index (Phi) is 10.0. The van der Waals surface area contributed by atoms with Gasteiger partial charge in [0.05, 0.1) is 12.5 Å². The summed E-state index contributed by atoms with van der Waals surface area (Å²) in [4.78, 5) is 68.7. The molecule has 0 unspecified atom stereocenters. The van der Waals surface area contributed by atoms with Crippen LogP contribution >= 0.6 is 0 Å². The van der Waals surface area contributed by atoms with Gasteiger partial charge in [-0.15, -0.1) is 0 Å². The van der Waals surface area contributed by atoms with Gasteiger partial charge in [-0.1, -0.05) is 109 Å². The maximum absolute atomic E-state index is 14.7. The molecular weight excluding hydrogens is 638 g/mol. The van der Waals surface area contributed by atoms with Crippen molar-refractivity contribution in [3.63, 3.8) is 0 Å². The van der Waals surface area contributed by atoms with Crippen LogP contribution in [0.15, 0.2) is 109 Å². The number of hydrogen-bond acceptors (Lipinski definition) is 8. The second-order valence-corrected chi connectivity index (χ2v) is 12.3. The van der Waals surface area contributed by atoms with E-state index in [0.717, 1.165) is 27.2 Å². The first-order valence-corrected chi connectivity index (χ1v) is 16.6. The van der Waals surface area contributed by atoms with Gasteiger partial charge >= 0.3 is 12.1 Å². The lowest BCUT2D eigenvalue weighted by atomic mass is 9.75. The molecule has 1 aliphatic heterocycles. The van der Waals surface area contributed by atoms with Crippen LogP contribution in [-0.2, 0) is 30.3 Å². The van der Waals surface area contributed by atoms with E-state index in [1.165, 1.54) is 0 Å². The first-order valence-electron chi connectivity index (χ1n) is 16.6. The molecule has 256 valence electrons. The average molecular weight is 676 g/mol. The Hall–Kier alpha value is -5.84. The number of Topliss-reactive ketones (excluding diaryl/α,β-unsaturated/α-hetero) is 1. The summed E-state index contributed by atoms with van der Waals surface area (Å²) in [5.41, 5.74) is 2.85. The van der Waals surface area contributed by atoms with E-state index in [2.05, 4.69) is 5.32 Å². The number of ketones is 1. The number of amides is 2. The Bertz CT molecular complexity index is 1850. The predicted molar refractivity (Wildman–Crippen MR) is 184 cm³/mol. The highest BCUT2D eigenvalue weighted by Gasteiger charge is 2.64. The highest BCUT2D eigenvalue weighted by Crippen LogP contribution is 2.45. The monoisotopic (exact) mass is 675 g/mol. The maximum atomic E-state index is 14.7. The van der Waals surface area contributed by atoms with Crippen molar-refractivity contribution in [2.45, 2.75) is 43.2 Å². The molecule has 3 atom stereocenters. The van der Waals surface area contributed by atoms with Gasteiger partial charge in [-0.2, -0.15) is 0 Å². The van der Waals surface area contributed by atoms with Gasteiger partial charge in [0.1, 0.15) is 12.6 Å². The summed E-state index contributed by atoms with van der Waals surface area (Å²) in [7, 11) is 0. The second kappa shape index (κ2) is 14.7. The number of alkyl carbamates (subject to hydrolysis) is 1. The van der Waals surface area contributed by atoms with E-state index in [0.29, 0.717) is 11.1 Å². The number of esters is 1. The molecule has 0 saturated carbocycles. The van der Waals surface area contributed by atoms with E-state index < -0.39 is 52.7 Å². The first-order chi connectivity index (χ1) is 24.2. The minimum atomic E-state index is -2.33. The molecule has 1 N–H and O–H groups in total. The van der Waals surface area contributed by atoms with Crippen molar-refractivity contribution in [1.29, 1.82) is 0 Å². The molecule has 0 spiro atoms. The van der Waals surface area contributed by atoms with Crippen LogP contribution in [0.1, 0.15) is 47.4 Å². The molecule has 2 amide bonds. The van der Waals surface area contributed by atoms with Crippen LogP contribution in [0.2, 0.25) is 0 Å². The van der Waals surface area contributed by atoms with Gasteiger partial charge in [0.15, 0.2) is 5.78 Å². The number of nitrogens with zero attached hydrogens (tertiary/aromatic N) is 2. The smallest absolute Gasteiger partial charge is 0.407 e. The van der Waals surface area contributed by atoms with Crippen LogP contribution < -0.4 is 5.32 Å². The zero-order valence-electron chi connectivity index (χ0n) is 27.5. The SMILES string of the molecule is CCOC(=O)[C@]1([C@H](C[N+](=O)[O-])c2ccccc2)C(=O)CCN1C(=O)[C@H](Cc1ccccc1)NC(=O)OCC1c2ccccc2-c2ccccc21. The lowest BCUT2D eigenvalue weighted by molar-refractivity contribution is -0.485. The van der Waals surface area contributed by atoms with E-state index in [1.807, 2.05) is 54.6 Å². The third-order valence-corrected chi connectivity index (χ3v) is 9.52. The number of hydrogen-bond donors (Lipinski definition) is 1. The molecule has 0 bridgehead atoms. The van der Waals surface area contributed by atoms with Crippen molar-refractivity contribution in [1.82, 2.24) is 10.2 Å². The summed E-state index contributed by atoms with van der Waals surface area (Å²) in [6.07, 6.45) is -1.09. The summed E-state index contributed by atoms with van der Waals surface area (Å²) in [6, 6.07) is 31.6. The molecule has 11 heteroatoms. The van der Waals surface area contributed by atoms with E-state index in [9.17, 15) is 29.3 Å². The molecular formula is C39H37N3O8. The standard InChI is InChI=1S/C39H37N3O8/c1-2-49-37(45)39(33(24-42(47)48)27-15-7-4-8-16-27)35(43)21-22-41(39)36(44)34(23-26-13-5-3-6-14-26)40-38(46)50-25-32-30-19-11-9-17-28(30)29-18-10-12-20-31(29)32/h3-20,32-34H,2,21-25H2,1H3,(H,40,46)/t33-,34+,39+/m1/s1. The molecule has 1 saturated heterocycles. The number of rotatable bonds is 12. The number of carbonyl (C=O) groups excluding carboxylic acids is 4. The molecule has 6 rings (SSSR count). The van der Waals surface area contributed by atoms with E-state index in [-0.39, 0.29) is 38.5 Å². The highest BCUT2D eigenvalue weighted by atomic mass is 16.6. The summed E-state index contributed by atoms with van der Waals surface area (Å²) in [5.74, 6) is -4.06. The van der Waals surface area contributed by atoms with E-state index in [4.69, 9.17) is 9.47 Å². The summed E-state index contributed by atoms with van der Waals surface area (Å²) in [6.45, 7) is 0.414. The normalized spacial score (nSPS) is 17.7. The van der Waals surface area contributed by atoms with Gasteiger partial charge in [0, 0.05) is 30.2 Å². The summed E-state index contributed by atoms with van der Waals surface area (Å²) in [5, 5.41) is 14.8. The second-order valence-electron chi connectivity index (χ2n) is 12.3. The number of carbonyl (C=O) groups is 4. The van der Waals surface area contributed by atoms with Crippen molar-refractivity contribution in [3.8, 4) is 11.1 Å². The van der Waals surface area contributed by atoms with Crippen LogP contribution in [0.4, 0.5) is 4.79 Å². The fourth-order valence-electron chi connectivity index (χ4n) is 7.34. The van der Waals surface area contributed by atoms with Crippen molar-refractivity contribution in [3.05, 3.63) is 142 Å². The van der Waals surface area contributed by atoms with Gasteiger partial charge in [-0.3, -0.25) is 19.7 Å². The van der Waals surface area contributed by atoms with Gasteiger partial charge in [0.2, 0.25) is 18.0 Å². The third-order valence-electron chi connectivity index (χ3n) is 9.52. The predicted octanol–water partition coefficient (Wildman–Crippen LogP) is 5.30. The van der Waals surface area contributed by atoms with Crippen LogP contribution in [-0.4, -0.2) is 71.5 Å². The molecule has 0 radical (unpaired) electrons. The van der Waals surface area contributed by atoms with Gasteiger partial charge < -0.3 is 19.7 Å². The van der Waals surface area contributed by atoms with Crippen LogP contribution in [0.3, 0.4) is 0 Å². The van der Waals surface area contributed by atoms with E-state index >= 15 is 0 Å². The number of likely N-dealkylation sites (tertiary alicyclic amines) is 1. The number of nitrogens with one attached hydrogen (secondary N) is 1. The number of fused-ring (bicyclic) bond motifs is 3. The average Bonchev–Trinajstić information content (AvgIpc) is 3.65. The highest BCUT2D eigenvalue weighted by molar-refractivity contribution is 6.14. The summed E-state index contributed by atoms with van der Waals surface area (Å²) >= 11 is 0. The quantitative estimate of drug-likeness (QED) is 0.0922. The number of nitro groups is 1. The molecule has 2 aliphatic rings. The number of ether oxygens (including phenoxy) is 2. The topological polar surface area (TPSA) is 145 Å². The Morgan fingerprint density at radius 3 is 2.06 bits per heavy atom. The van der Waals surface area contributed by atoms with Crippen molar-refractivity contribution >= 4 is 23.8 Å². The molecule has 4 aromatic carbocycles. The van der Waals surface area contributed by atoms with Crippen LogP contribution in [0.25, 0.3) is 11.1 Å². The zero-order chi connectivity index (χ0) is 35.3. The minimum Gasteiger partial charge on any atom is -0.464 e. The Morgan fingerprint density at radius 2 is 1.46 bits per heavy atom. The Labute approximate surface area is 289 Å². The zero-order valence-corrected chi connectivity index (χ0v) is 27.5. The maximum Gasteiger partial charge on any atom is 0.407 e. The fourth-order valence-corrected chi connectivity index (χ4v) is 7.34. The largest absolute Gasteiger partial charge is 0.464 e. The molecule has 11 nitrogen and oxygen atoms in total. The lowest BCUT2D eigenvalue weighted by Crippen LogP contribution is -2.65. The molecule has 1 aliphatic carbocycles. The minimum absolute atomic E-state index is 0.0000128. The van der Waals surface area contributed by atoms with E-state index in [1.54, 1.807) is 61.5 Å². The number of benzene rings is 4. The fraction of sp³-hybridized carbons (Fsp3) is 0.282. The Morgan fingerprint density at radius 1 is 0.880 bits per heavy atom. The van der Waals surface area contributed by atoms with Crippen molar-refractivity contribution in [2.75, 3.05) is 26.3 Å². The van der Waals surface area contributed by atoms with Gasteiger partial charge in [-0.05, 0) is 40.3 Å². The van der Waals surface area contributed by atoms with Crippen molar-refractivity contribution in [2.24, 2.45) is 0 Å². The first kappa shape index (κ1) is 34.0. The van der Waals surface area contributed by atoms with Gasteiger partial charge in [0.25, 0.3) is 0 Å². The Balaban J connectivity index is 1.32. The molecule has 4 aromatic rings. The molecule has 1 heterocycles. The van der Waals surface area contributed by atoms with Gasteiger partial charge in [-0.25, -0.2) is 9.59 Å². The van der Waals surface area contributed by atoms with Crippen molar-refractivity contribution < 1.29 is 33.6 Å². The summed E-state index contributed by atoms with van der Waals surface area (Å²) < 4.78 is 11.2. The van der Waals surface area contributed by atoms with Crippen LogP contribution in [0, 0.1) is 10.1 Å². The molecule has 0 aromatic heterocycles. The lowest BCUT2D eigenvalue weighted by Gasteiger charge is -2.40.